The Labute approximate surface area is 103 Å². The van der Waals surface area contributed by atoms with E-state index in [9.17, 15) is 0 Å². The highest BCUT2D eigenvalue weighted by Crippen LogP contribution is 2.16. The van der Waals surface area contributed by atoms with Gasteiger partial charge in [-0.05, 0) is 19.8 Å². The van der Waals surface area contributed by atoms with Crippen LogP contribution in [0.3, 0.4) is 0 Å². The largest absolute Gasteiger partial charge is 0.325 e. The Kier molecular flexibility index (Phi) is 10.1. The quantitative estimate of drug-likeness (QED) is 0.492. The van der Waals surface area contributed by atoms with Crippen molar-refractivity contribution in [2.24, 2.45) is 5.73 Å². The van der Waals surface area contributed by atoms with Gasteiger partial charge in [0.2, 0.25) is 0 Å². The normalized spacial score (nSPS) is 15.0. The van der Waals surface area contributed by atoms with Crippen molar-refractivity contribution in [3.8, 4) is 0 Å². The Balaban J connectivity index is 3.10. The van der Waals surface area contributed by atoms with E-state index in [-0.39, 0.29) is 5.54 Å². The first-order chi connectivity index (χ1) is 7.62. The molecular formula is C15H33N. The van der Waals surface area contributed by atoms with Gasteiger partial charge in [0.05, 0.1) is 0 Å². The molecule has 0 aromatic heterocycles. The first-order valence-corrected chi connectivity index (χ1v) is 7.41. The van der Waals surface area contributed by atoms with E-state index in [2.05, 4.69) is 20.8 Å². The molecule has 16 heavy (non-hydrogen) atoms. The van der Waals surface area contributed by atoms with Crippen molar-refractivity contribution in [3.63, 3.8) is 0 Å². The van der Waals surface area contributed by atoms with Crippen LogP contribution in [0.1, 0.15) is 91.4 Å². The van der Waals surface area contributed by atoms with Crippen LogP contribution in [0.25, 0.3) is 0 Å². The molecule has 98 valence electrons. The SMILES string of the molecule is CCCCCCCCCCCC(C)(N)CC. The molecule has 1 unspecified atom stereocenters. The van der Waals surface area contributed by atoms with Crippen molar-refractivity contribution >= 4 is 0 Å². The molecule has 0 rings (SSSR count). The van der Waals surface area contributed by atoms with Gasteiger partial charge in [-0.3, -0.25) is 0 Å². The van der Waals surface area contributed by atoms with Crippen molar-refractivity contribution in [1.29, 1.82) is 0 Å². The molecule has 0 saturated heterocycles. The van der Waals surface area contributed by atoms with Crippen molar-refractivity contribution in [2.45, 2.75) is 96.9 Å². The van der Waals surface area contributed by atoms with E-state index in [1.54, 1.807) is 0 Å². The summed E-state index contributed by atoms with van der Waals surface area (Å²) in [6.07, 6.45) is 14.9. The molecule has 1 heteroatoms. The molecule has 0 spiro atoms. The molecule has 0 heterocycles. The predicted octanol–water partition coefficient (Wildman–Crippen LogP) is 5.03. The molecule has 0 bridgehead atoms. The molecule has 0 radical (unpaired) electrons. The first kappa shape index (κ1) is 16.0. The van der Waals surface area contributed by atoms with Crippen LogP contribution in [0, 0.1) is 0 Å². The van der Waals surface area contributed by atoms with Crippen LogP contribution < -0.4 is 5.73 Å². The Morgan fingerprint density at radius 3 is 1.62 bits per heavy atom. The minimum Gasteiger partial charge on any atom is -0.325 e. The molecule has 0 aromatic rings. The van der Waals surface area contributed by atoms with Gasteiger partial charge in [0, 0.05) is 5.54 Å². The lowest BCUT2D eigenvalue weighted by atomic mass is 9.92. The molecule has 1 atom stereocenters. The minimum absolute atomic E-state index is 0.0845. The lowest BCUT2D eigenvalue weighted by Gasteiger charge is -2.22. The number of hydrogen-bond donors (Lipinski definition) is 1. The average molecular weight is 227 g/mol. The van der Waals surface area contributed by atoms with Crippen molar-refractivity contribution in [2.75, 3.05) is 0 Å². The van der Waals surface area contributed by atoms with Crippen molar-refractivity contribution in [3.05, 3.63) is 0 Å². The fourth-order valence-electron chi connectivity index (χ4n) is 2.02. The summed E-state index contributed by atoms with van der Waals surface area (Å²) in [7, 11) is 0. The molecule has 2 N–H and O–H groups in total. The van der Waals surface area contributed by atoms with E-state index >= 15 is 0 Å². The lowest BCUT2D eigenvalue weighted by Crippen LogP contribution is -2.34. The summed E-state index contributed by atoms with van der Waals surface area (Å²) in [5, 5.41) is 0. The predicted molar refractivity (Wildman–Crippen MR) is 74.7 cm³/mol. The average Bonchev–Trinajstić information content (AvgIpc) is 2.27. The molecule has 0 aromatic carbocycles. The van der Waals surface area contributed by atoms with Crippen LogP contribution in [0.4, 0.5) is 0 Å². The first-order valence-electron chi connectivity index (χ1n) is 7.41. The van der Waals surface area contributed by atoms with Gasteiger partial charge in [0.15, 0.2) is 0 Å². The summed E-state index contributed by atoms with van der Waals surface area (Å²) >= 11 is 0. The van der Waals surface area contributed by atoms with Gasteiger partial charge in [0.25, 0.3) is 0 Å². The maximum Gasteiger partial charge on any atom is 0.0123 e. The van der Waals surface area contributed by atoms with E-state index in [4.69, 9.17) is 5.73 Å². The highest BCUT2D eigenvalue weighted by atomic mass is 14.7. The second-order valence-electron chi connectivity index (χ2n) is 5.59. The van der Waals surface area contributed by atoms with Crippen LogP contribution in [-0.2, 0) is 0 Å². The molecule has 0 aliphatic carbocycles. The molecule has 0 saturated carbocycles. The van der Waals surface area contributed by atoms with E-state index in [0.717, 1.165) is 6.42 Å². The third-order valence-corrected chi connectivity index (χ3v) is 3.66. The van der Waals surface area contributed by atoms with Gasteiger partial charge in [-0.15, -0.1) is 0 Å². The second-order valence-corrected chi connectivity index (χ2v) is 5.59. The maximum absolute atomic E-state index is 6.11. The van der Waals surface area contributed by atoms with Gasteiger partial charge in [0.1, 0.15) is 0 Å². The number of rotatable bonds is 11. The summed E-state index contributed by atoms with van der Waals surface area (Å²) in [5.74, 6) is 0. The third kappa shape index (κ3) is 10.5. The summed E-state index contributed by atoms with van der Waals surface area (Å²) < 4.78 is 0. The number of nitrogens with two attached hydrogens (primary N) is 1. The summed E-state index contributed by atoms with van der Waals surface area (Å²) in [6, 6.07) is 0. The Morgan fingerprint density at radius 2 is 1.19 bits per heavy atom. The summed E-state index contributed by atoms with van der Waals surface area (Å²) in [4.78, 5) is 0. The zero-order valence-corrected chi connectivity index (χ0v) is 11.9. The number of hydrogen-bond acceptors (Lipinski definition) is 1. The minimum atomic E-state index is 0.0845. The van der Waals surface area contributed by atoms with Crippen molar-refractivity contribution in [1.82, 2.24) is 0 Å². The zero-order chi connectivity index (χ0) is 12.3. The van der Waals surface area contributed by atoms with Crippen LogP contribution in [0.2, 0.25) is 0 Å². The van der Waals surface area contributed by atoms with Crippen LogP contribution in [0.15, 0.2) is 0 Å². The molecular weight excluding hydrogens is 194 g/mol. The summed E-state index contributed by atoms with van der Waals surface area (Å²) in [5.41, 5.74) is 6.20. The van der Waals surface area contributed by atoms with E-state index in [0.29, 0.717) is 0 Å². The van der Waals surface area contributed by atoms with Gasteiger partial charge in [-0.25, -0.2) is 0 Å². The molecule has 0 aliphatic heterocycles. The highest BCUT2D eigenvalue weighted by Gasteiger charge is 2.13. The Bertz CT molecular complexity index is 140. The Hall–Kier alpha value is -0.0400. The van der Waals surface area contributed by atoms with Crippen LogP contribution in [0.5, 0.6) is 0 Å². The maximum atomic E-state index is 6.11. The van der Waals surface area contributed by atoms with Crippen molar-refractivity contribution < 1.29 is 0 Å². The van der Waals surface area contributed by atoms with E-state index < -0.39 is 0 Å². The molecule has 0 aliphatic rings. The van der Waals surface area contributed by atoms with Gasteiger partial charge in [-0.1, -0.05) is 71.6 Å². The molecule has 0 fully saturated rings. The summed E-state index contributed by atoms with van der Waals surface area (Å²) in [6.45, 7) is 6.64. The fourth-order valence-corrected chi connectivity index (χ4v) is 2.02. The van der Waals surface area contributed by atoms with Gasteiger partial charge >= 0.3 is 0 Å². The van der Waals surface area contributed by atoms with Gasteiger partial charge in [-0.2, -0.15) is 0 Å². The Morgan fingerprint density at radius 1 is 0.750 bits per heavy atom. The topological polar surface area (TPSA) is 26.0 Å². The van der Waals surface area contributed by atoms with Crippen LogP contribution in [-0.4, -0.2) is 5.54 Å². The monoisotopic (exact) mass is 227 g/mol. The second kappa shape index (κ2) is 10.1. The van der Waals surface area contributed by atoms with Crippen LogP contribution >= 0.6 is 0 Å². The zero-order valence-electron chi connectivity index (χ0n) is 11.9. The molecule has 1 nitrogen and oxygen atoms in total. The van der Waals surface area contributed by atoms with E-state index in [1.807, 2.05) is 0 Å². The fraction of sp³-hybridized carbons (Fsp3) is 1.00. The number of unbranched alkanes of at least 4 members (excludes halogenated alkanes) is 8. The third-order valence-electron chi connectivity index (χ3n) is 3.66. The molecule has 0 amide bonds. The lowest BCUT2D eigenvalue weighted by molar-refractivity contribution is 0.394. The van der Waals surface area contributed by atoms with Gasteiger partial charge < -0.3 is 5.73 Å². The highest BCUT2D eigenvalue weighted by molar-refractivity contribution is 4.75. The smallest absolute Gasteiger partial charge is 0.0123 e. The standard InChI is InChI=1S/C15H33N/c1-4-6-7-8-9-10-11-12-13-14-15(3,16)5-2/h4-14,16H2,1-3H3. The van der Waals surface area contributed by atoms with E-state index in [1.165, 1.54) is 64.2 Å².